The zero-order chi connectivity index (χ0) is 20.2. The van der Waals surface area contributed by atoms with Crippen molar-refractivity contribution >= 4 is 28.8 Å². The molecule has 3 aromatic heterocycles. The van der Waals surface area contributed by atoms with E-state index in [0.717, 1.165) is 21.7 Å². The van der Waals surface area contributed by atoms with Gasteiger partial charge in [0.15, 0.2) is 5.82 Å². The number of thiophene rings is 1. The van der Waals surface area contributed by atoms with E-state index in [1.165, 1.54) is 7.11 Å². The number of carbonyl (C=O) groups is 1. The summed E-state index contributed by atoms with van der Waals surface area (Å²) in [5, 5.41) is 5.32. The summed E-state index contributed by atoms with van der Waals surface area (Å²) in [7, 11) is 1.36. The van der Waals surface area contributed by atoms with Crippen LogP contribution in [0.5, 0.6) is 0 Å². The van der Waals surface area contributed by atoms with Crippen LogP contribution in [0.15, 0.2) is 70.7 Å². The largest absolute Gasteiger partial charge is 0.465 e. The van der Waals surface area contributed by atoms with Crippen LogP contribution < -0.4 is 11.1 Å². The van der Waals surface area contributed by atoms with E-state index in [1.807, 2.05) is 47.8 Å². The fourth-order valence-electron chi connectivity index (χ4n) is 2.94. The number of benzene rings is 1. The van der Waals surface area contributed by atoms with E-state index in [0.29, 0.717) is 29.4 Å². The zero-order valence-electron chi connectivity index (χ0n) is 15.7. The van der Waals surface area contributed by atoms with Crippen LogP contribution in [0.4, 0.5) is 11.5 Å². The molecule has 3 N–H and O–H groups in total. The van der Waals surface area contributed by atoms with Crippen molar-refractivity contribution in [2.75, 3.05) is 18.2 Å². The highest BCUT2D eigenvalue weighted by Crippen LogP contribution is 2.36. The van der Waals surface area contributed by atoms with Gasteiger partial charge in [-0.1, -0.05) is 18.2 Å². The zero-order valence-corrected chi connectivity index (χ0v) is 16.5. The molecule has 6 nitrogen and oxygen atoms in total. The summed E-state index contributed by atoms with van der Waals surface area (Å²) >= 11 is 1.61. The molecule has 146 valence electrons. The lowest BCUT2D eigenvalue weighted by Crippen LogP contribution is -2.07. The Bertz CT molecular complexity index is 1110. The number of pyridine rings is 1. The lowest BCUT2D eigenvalue weighted by atomic mass is 10.1. The number of hydrogen-bond donors (Lipinski definition) is 2. The number of ether oxygens (including phenoxy) is 1. The topological polar surface area (TPSA) is 90.4 Å². The monoisotopic (exact) mass is 405 g/mol. The summed E-state index contributed by atoms with van der Waals surface area (Å²) in [6, 6.07) is 16.8. The lowest BCUT2D eigenvalue weighted by molar-refractivity contribution is 0.0600. The van der Waals surface area contributed by atoms with Gasteiger partial charge in [-0.15, -0.1) is 11.3 Å². The molecule has 0 fully saturated rings. The Balaban J connectivity index is 1.63. The van der Waals surface area contributed by atoms with Crippen LogP contribution in [0, 0.1) is 0 Å². The fourth-order valence-corrected chi connectivity index (χ4v) is 3.62. The average Bonchev–Trinajstić information content (AvgIpc) is 3.47. The molecule has 0 aliphatic heterocycles. The van der Waals surface area contributed by atoms with E-state index in [2.05, 4.69) is 5.32 Å². The maximum atomic E-state index is 11.6. The van der Waals surface area contributed by atoms with Crippen molar-refractivity contribution in [2.24, 2.45) is 0 Å². The van der Waals surface area contributed by atoms with Crippen molar-refractivity contribution in [2.45, 2.75) is 6.54 Å². The maximum absolute atomic E-state index is 11.6. The van der Waals surface area contributed by atoms with E-state index in [9.17, 15) is 4.79 Å². The van der Waals surface area contributed by atoms with Crippen LogP contribution in [0.3, 0.4) is 0 Å². The summed E-state index contributed by atoms with van der Waals surface area (Å²) in [6.07, 6.45) is 1.62. The second-order valence-electron chi connectivity index (χ2n) is 6.31. The quantitative estimate of drug-likeness (QED) is 0.436. The van der Waals surface area contributed by atoms with Crippen molar-refractivity contribution < 1.29 is 13.9 Å². The number of rotatable bonds is 6. The van der Waals surface area contributed by atoms with Crippen LogP contribution in [0.1, 0.15) is 15.9 Å². The summed E-state index contributed by atoms with van der Waals surface area (Å²) in [6.45, 7) is 0.504. The second-order valence-corrected chi connectivity index (χ2v) is 7.26. The van der Waals surface area contributed by atoms with Crippen LogP contribution >= 0.6 is 11.3 Å². The van der Waals surface area contributed by atoms with Crippen LogP contribution in [-0.2, 0) is 11.3 Å². The highest BCUT2D eigenvalue weighted by atomic mass is 32.1. The van der Waals surface area contributed by atoms with Gasteiger partial charge in [-0.05, 0) is 47.3 Å². The van der Waals surface area contributed by atoms with E-state index in [4.69, 9.17) is 19.9 Å². The molecule has 3 heterocycles. The summed E-state index contributed by atoms with van der Waals surface area (Å²) in [5.41, 5.74) is 10.0. The van der Waals surface area contributed by atoms with Gasteiger partial charge in [0.2, 0.25) is 0 Å². The van der Waals surface area contributed by atoms with Gasteiger partial charge in [0, 0.05) is 12.1 Å². The first-order chi connectivity index (χ1) is 14.2. The number of nitrogen functional groups attached to an aromatic ring is 1. The lowest BCUT2D eigenvalue weighted by Gasteiger charge is -2.13. The molecule has 29 heavy (non-hydrogen) atoms. The molecular formula is C22H19N3O3S. The number of aromatic nitrogens is 1. The molecule has 0 saturated carbocycles. The molecule has 4 aromatic rings. The van der Waals surface area contributed by atoms with Crippen molar-refractivity contribution in [3.63, 3.8) is 0 Å². The van der Waals surface area contributed by atoms with Gasteiger partial charge >= 0.3 is 5.97 Å². The first-order valence-corrected chi connectivity index (χ1v) is 9.83. The number of nitrogens with two attached hydrogens (primary N) is 1. The minimum absolute atomic E-state index is 0.359. The van der Waals surface area contributed by atoms with Crippen LogP contribution in [0.25, 0.3) is 21.9 Å². The molecule has 0 aliphatic rings. The molecule has 0 radical (unpaired) electrons. The number of nitrogens with one attached hydrogen (secondary N) is 1. The third-order valence-electron chi connectivity index (χ3n) is 4.45. The molecule has 0 amide bonds. The third-order valence-corrected chi connectivity index (χ3v) is 5.35. The SMILES string of the molecule is COC(=O)c1ccc(CNc2nc(-c3cccs3)cc(-c3ccco3)c2N)cc1. The van der Waals surface area contributed by atoms with E-state index in [-0.39, 0.29) is 5.97 Å². The van der Waals surface area contributed by atoms with Crippen molar-refractivity contribution in [3.8, 4) is 21.9 Å². The first-order valence-electron chi connectivity index (χ1n) is 8.95. The van der Waals surface area contributed by atoms with Crippen molar-refractivity contribution in [3.05, 3.63) is 77.4 Å². The minimum atomic E-state index is -0.359. The molecular weight excluding hydrogens is 386 g/mol. The fraction of sp³-hybridized carbons (Fsp3) is 0.0909. The third kappa shape index (κ3) is 4.00. The summed E-state index contributed by atoms with van der Waals surface area (Å²) in [4.78, 5) is 17.3. The highest BCUT2D eigenvalue weighted by Gasteiger charge is 2.15. The Morgan fingerprint density at radius 3 is 2.69 bits per heavy atom. The molecule has 0 aliphatic carbocycles. The summed E-state index contributed by atoms with van der Waals surface area (Å²) in [5.74, 6) is 0.912. The van der Waals surface area contributed by atoms with Gasteiger partial charge in [-0.2, -0.15) is 0 Å². The minimum Gasteiger partial charge on any atom is -0.465 e. The van der Waals surface area contributed by atoms with E-state index < -0.39 is 0 Å². The molecule has 0 saturated heterocycles. The second kappa shape index (κ2) is 8.20. The first kappa shape index (κ1) is 18.8. The van der Waals surface area contributed by atoms with Gasteiger partial charge in [0.05, 0.1) is 35.2 Å². The Labute approximate surface area is 172 Å². The van der Waals surface area contributed by atoms with E-state index in [1.54, 1.807) is 29.7 Å². The molecule has 0 atom stereocenters. The smallest absolute Gasteiger partial charge is 0.337 e. The van der Waals surface area contributed by atoms with Crippen LogP contribution in [-0.4, -0.2) is 18.1 Å². The predicted octanol–water partition coefficient (Wildman–Crippen LogP) is 5.05. The summed E-state index contributed by atoms with van der Waals surface area (Å²) < 4.78 is 10.3. The molecule has 0 bridgehead atoms. The van der Waals surface area contributed by atoms with Gasteiger partial charge in [-0.3, -0.25) is 0 Å². The maximum Gasteiger partial charge on any atom is 0.337 e. The Morgan fingerprint density at radius 2 is 2.03 bits per heavy atom. The van der Waals surface area contributed by atoms with Gasteiger partial charge < -0.3 is 20.2 Å². The average molecular weight is 405 g/mol. The predicted molar refractivity (Wildman–Crippen MR) is 115 cm³/mol. The van der Waals surface area contributed by atoms with Gasteiger partial charge in [-0.25, -0.2) is 9.78 Å². The normalized spacial score (nSPS) is 10.7. The Kier molecular flexibility index (Phi) is 5.31. The van der Waals surface area contributed by atoms with E-state index >= 15 is 0 Å². The molecule has 0 spiro atoms. The number of carbonyl (C=O) groups excluding carboxylic acids is 1. The number of esters is 1. The highest BCUT2D eigenvalue weighted by molar-refractivity contribution is 7.13. The number of nitrogens with zero attached hydrogens (tertiary/aromatic N) is 1. The van der Waals surface area contributed by atoms with Crippen LogP contribution in [0.2, 0.25) is 0 Å². The standard InChI is InChI=1S/C22H19N3O3S/c1-27-22(26)15-8-6-14(7-9-15)13-24-21-20(23)16(18-4-2-10-28-18)12-17(25-21)19-5-3-11-29-19/h2-12H,13,23H2,1H3,(H,24,25). The molecule has 0 unspecified atom stereocenters. The number of anilines is 2. The van der Waals surface area contributed by atoms with Crippen molar-refractivity contribution in [1.29, 1.82) is 0 Å². The molecule has 4 rings (SSSR count). The number of furan rings is 1. The Morgan fingerprint density at radius 1 is 1.21 bits per heavy atom. The molecule has 7 heteroatoms. The van der Waals surface area contributed by atoms with Crippen molar-refractivity contribution in [1.82, 2.24) is 4.98 Å². The van der Waals surface area contributed by atoms with Gasteiger partial charge in [0.1, 0.15) is 5.76 Å². The molecule has 1 aromatic carbocycles. The van der Waals surface area contributed by atoms with Gasteiger partial charge in [0.25, 0.3) is 0 Å². The number of hydrogen-bond acceptors (Lipinski definition) is 7. The Hall–Kier alpha value is -3.58. The number of methoxy groups -OCH3 is 1.